The molecule has 0 aromatic carbocycles. The van der Waals surface area contributed by atoms with Gasteiger partial charge in [-0.05, 0) is 25.6 Å². The first-order valence-electron chi connectivity index (χ1n) is 5.90. The maximum atomic E-state index is 4.49. The Morgan fingerprint density at radius 1 is 1.22 bits per heavy atom. The van der Waals surface area contributed by atoms with Crippen LogP contribution in [-0.2, 0) is 0 Å². The van der Waals surface area contributed by atoms with Crippen molar-refractivity contribution in [3.05, 3.63) is 42.6 Å². The van der Waals surface area contributed by atoms with E-state index < -0.39 is 0 Å². The molecule has 0 radical (unpaired) electrons. The highest BCUT2D eigenvalue weighted by atomic mass is 32.2. The molecule has 94 valence electrons. The highest BCUT2D eigenvalue weighted by Gasteiger charge is 2.07. The van der Waals surface area contributed by atoms with Gasteiger partial charge in [0, 0.05) is 29.5 Å². The van der Waals surface area contributed by atoms with Gasteiger partial charge in [-0.25, -0.2) is 4.98 Å². The molecule has 2 aromatic rings. The highest BCUT2D eigenvalue weighted by molar-refractivity contribution is 7.99. The van der Waals surface area contributed by atoms with Crippen molar-refractivity contribution >= 4 is 11.8 Å². The molecule has 4 nitrogen and oxygen atoms in total. The smallest absolute Gasteiger partial charge is 0.119 e. The summed E-state index contributed by atoms with van der Waals surface area (Å²) in [4.78, 5) is 13.8. The molecule has 18 heavy (non-hydrogen) atoms. The molecule has 2 rings (SSSR count). The number of hydrogen-bond donors (Lipinski definition) is 1. The number of rotatable bonds is 5. The van der Waals surface area contributed by atoms with Crippen molar-refractivity contribution in [3.63, 3.8) is 0 Å². The van der Waals surface area contributed by atoms with Gasteiger partial charge in [0.05, 0.1) is 11.9 Å². The van der Waals surface area contributed by atoms with Gasteiger partial charge in [-0.1, -0.05) is 18.7 Å². The standard InChI is InChI=1S/C13H16N4S/c1-3-11(14-2)12-5-4-10(8-17-12)18-13-9-15-6-7-16-13/h4-9,11,14H,3H2,1-2H3. The monoisotopic (exact) mass is 260 g/mol. The molecule has 0 fully saturated rings. The minimum atomic E-state index is 0.320. The zero-order valence-corrected chi connectivity index (χ0v) is 11.3. The number of hydrogen-bond acceptors (Lipinski definition) is 5. The van der Waals surface area contributed by atoms with Crippen LogP contribution in [0, 0.1) is 0 Å². The SMILES string of the molecule is CCC(NC)c1ccc(Sc2cnccn2)cn1. The van der Waals surface area contributed by atoms with Crippen molar-refractivity contribution in [1.29, 1.82) is 0 Å². The third-order valence-corrected chi connectivity index (χ3v) is 3.53. The van der Waals surface area contributed by atoms with Crippen molar-refractivity contribution in [3.8, 4) is 0 Å². The Morgan fingerprint density at radius 2 is 2.11 bits per heavy atom. The minimum Gasteiger partial charge on any atom is -0.312 e. The largest absolute Gasteiger partial charge is 0.312 e. The van der Waals surface area contributed by atoms with Crippen LogP contribution in [0.25, 0.3) is 0 Å². The van der Waals surface area contributed by atoms with Crippen LogP contribution in [0.1, 0.15) is 25.1 Å². The second-order valence-corrected chi connectivity index (χ2v) is 4.91. The van der Waals surface area contributed by atoms with Crippen LogP contribution in [0.3, 0.4) is 0 Å². The fourth-order valence-corrected chi connectivity index (χ4v) is 2.39. The van der Waals surface area contributed by atoms with E-state index in [1.807, 2.05) is 13.2 Å². The second-order valence-electron chi connectivity index (χ2n) is 3.81. The average Bonchev–Trinajstić information content (AvgIpc) is 2.43. The quantitative estimate of drug-likeness (QED) is 0.895. The summed E-state index contributed by atoms with van der Waals surface area (Å²) in [6.45, 7) is 2.14. The summed E-state index contributed by atoms with van der Waals surface area (Å²) < 4.78 is 0. The van der Waals surface area contributed by atoms with E-state index in [0.29, 0.717) is 6.04 Å². The van der Waals surface area contributed by atoms with Gasteiger partial charge in [0.25, 0.3) is 0 Å². The first kappa shape index (κ1) is 13.0. The van der Waals surface area contributed by atoms with Gasteiger partial charge < -0.3 is 5.32 Å². The van der Waals surface area contributed by atoms with E-state index in [2.05, 4.69) is 39.3 Å². The third kappa shape index (κ3) is 3.27. The molecule has 5 heteroatoms. The molecular formula is C13H16N4S. The summed E-state index contributed by atoms with van der Waals surface area (Å²) in [7, 11) is 1.96. The molecular weight excluding hydrogens is 244 g/mol. The number of nitrogens with one attached hydrogen (secondary N) is 1. The lowest BCUT2D eigenvalue weighted by Gasteiger charge is -2.13. The second kappa shape index (κ2) is 6.47. The summed E-state index contributed by atoms with van der Waals surface area (Å²) in [5, 5.41) is 4.13. The zero-order chi connectivity index (χ0) is 12.8. The van der Waals surface area contributed by atoms with E-state index in [4.69, 9.17) is 0 Å². The molecule has 0 spiro atoms. The van der Waals surface area contributed by atoms with Gasteiger partial charge in [0.15, 0.2) is 0 Å². The highest BCUT2D eigenvalue weighted by Crippen LogP contribution is 2.25. The summed E-state index contributed by atoms with van der Waals surface area (Å²) in [5.41, 5.74) is 1.07. The predicted octanol–water partition coefficient (Wildman–Crippen LogP) is 2.69. The average molecular weight is 260 g/mol. The molecule has 0 aliphatic carbocycles. The summed E-state index contributed by atoms with van der Waals surface area (Å²) in [6, 6.07) is 4.45. The van der Waals surface area contributed by atoms with Gasteiger partial charge in [0.1, 0.15) is 5.03 Å². The molecule has 1 atom stereocenters. The van der Waals surface area contributed by atoms with Crippen LogP contribution in [-0.4, -0.2) is 22.0 Å². The van der Waals surface area contributed by atoms with Crippen LogP contribution in [0.15, 0.2) is 46.8 Å². The summed E-state index contributed by atoms with van der Waals surface area (Å²) in [6.07, 6.45) is 8.03. The topological polar surface area (TPSA) is 50.7 Å². The molecule has 0 aliphatic heterocycles. The van der Waals surface area contributed by atoms with Crippen molar-refractivity contribution in [1.82, 2.24) is 20.3 Å². The van der Waals surface area contributed by atoms with E-state index in [1.54, 1.807) is 30.4 Å². The molecule has 0 saturated heterocycles. The van der Waals surface area contributed by atoms with E-state index in [1.165, 1.54) is 0 Å². The van der Waals surface area contributed by atoms with Crippen LogP contribution >= 0.6 is 11.8 Å². The van der Waals surface area contributed by atoms with E-state index in [0.717, 1.165) is 22.0 Å². The zero-order valence-electron chi connectivity index (χ0n) is 10.5. The molecule has 2 aromatic heterocycles. The Kier molecular flexibility index (Phi) is 4.66. The van der Waals surface area contributed by atoms with E-state index in [-0.39, 0.29) is 0 Å². The van der Waals surface area contributed by atoms with Crippen LogP contribution in [0.5, 0.6) is 0 Å². The fourth-order valence-electron chi connectivity index (χ4n) is 1.68. The maximum absolute atomic E-state index is 4.49. The first-order chi connectivity index (χ1) is 8.83. The van der Waals surface area contributed by atoms with Gasteiger partial charge in [-0.15, -0.1) is 0 Å². The predicted molar refractivity (Wildman–Crippen MR) is 72.5 cm³/mol. The molecule has 0 saturated carbocycles. The van der Waals surface area contributed by atoms with Crippen LogP contribution < -0.4 is 5.32 Å². The minimum absolute atomic E-state index is 0.320. The summed E-state index contributed by atoms with van der Waals surface area (Å²) in [5.74, 6) is 0. The molecule has 1 unspecified atom stereocenters. The Balaban J connectivity index is 2.08. The maximum Gasteiger partial charge on any atom is 0.119 e. The fraction of sp³-hybridized carbons (Fsp3) is 0.308. The third-order valence-electron chi connectivity index (χ3n) is 2.63. The van der Waals surface area contributed by atoms with Crippen LogP contribution in [0.2, 0.25) is 0 Å². The Hall–Kier alpha value is -1.46. The summed E-state index contributed by atoms with van der Waals surface area (Å²) >= 11 is 1.57. The van der Waals surface area contributed by atoms with Crippen LogP contribution in [0.4, 0.5) is 0 Å². The van der Waals surface area contributed by atoms with E-state index in [9.17, 15) is 0 Å². The van der Waals surface area contributed by atoms with E-state index >= 15 is 0 Å². The van der Waals surface area contributed by atoms with Crippen molar-refractivity contribution in [2.45, 2.75) is 29.3 Å². The van der Waals surface area contributed by atoms with Crippen molar-refractivity contribution in [2.75, 3.05) is 7.05 Å². The first-order valence-corrected chi connectivity index (χ1v) is 6.72. The lowest BCUT2D eigenvalue weighted by molar-refractivity contribution is 0.561. The Morgan fingerprint density at radius 3 is 2.67 bits per heavy atom. The lowest BCUT2D eigenvalue weighted by atomic mass is 10.1. The Labute approximate surface area is 111 Å². The van der Waals surface area contributed by atoms with Gasteiger partial charge in [-0.3, -0.25) is 9.97 Å². The van der Waals surface area contributed by atoms with Crippen molar-refractivity contribution in [2.24, 2.45) is 0 Å². The van der Waals surface area contributed by atoms with Gasteiger partial charge in [-0.2, -0.15) is 0 Å². The lowest BCUT2D eigenvalue weighted by Crippen LogP contribution is -2.16. The van der Waals surface area contributed by atoms with Gasteiger partial charge >= 0.3 is 0 Å². The number of nitrogens with zero attached hydrogens (tertiary/aromatic N) is 3. The number of aromatic nitrogens is 3. The van der Waals surface area contributed by atoms with Crippen molar-refractivity contribution < 1.29 is 0 Å². The molecule has 0 aliphatic rings. The normalized spacial score (nSPS) is 12.3. The number of pyridine rings is 1. The van der Waals surface area contributed by atoms with Gasteiger partial charge in [0.2, 0.25) is 0 Å². The molecule has 0 amide bonds. The molecule has 2 heterocycles. The molecule has 0 bridgehead atoms. The molecule has 1 N–H and O–H groups in total. The Bertz CT molecular complexity index is 468.